The number of benzene rings is 2. The maximum atomic E-state index is 12.9. The Bertz CT molecular complexity index is 1130. The van der Waals surface area contributed by atoms with Crippen molar-refractivity contribution in [3.05, 3.63) is 42.5 Å². The third-order valence-electron chi connectivity index (χ3n) is 5.10. The van der Waals surface area contributed by atoms with Gasteiger partial charge in [0, 0.05) is 13.1 Å². The number of ether oxygens (including phenoxy) is 3. The molecule has 0 aromatic heterocycles. The van der Waals surface area contributed by atoms with Crippen LogP contribution in [0.2, 0.25) is 0 Å². The van der Waals surface area contributed by atoms with Gasteiger partial charge in [-0.25, -0.2) is 8.42 Å². The van der Waals surface area contributed by atoms with Gasteiger partial charge < -0.3 is 19.5 Å². The fraction of sp³-hybridized carbons (Fsp3) is 0.381. The van der Waals surface area contributed by atoms with Gasteiger partial charge in [0.15, 0.2) is 18.1 Å². The fourth-order valence-corrected chi connectivity index (χ4v) is 5.04. The lowest BCUT2D eigenvalue weighted by atomic mass is 10.2. The Balaban J connectivity index is 1.59. The number of amides is 1. The molecule has 0 unspecified atom stereocenters. The lowest BCUT2D eigenvalue weighted by Gasteiger charge is -2.26. The number of rotatable bonds is 6. The van der Waals surface area contributed by atoms with E-state index >= 15 is 0 Å². The second-order valence-corrected chi connectivity index (χ2v) is 9.46. The lowest BCUT2D eigenvalue weighted by molar-refractivity contribution is -0.153. The van der Waals surface area contributed by atoms with E-state index in [1.165, 1.54) is 4.31 Å². The molecule has 2 aliphatic rings. The number of fused-ring (bicyclic) bond motifs is 1. The molecule has 12 heteroatoms. The number of nitrogens with one attached hydrogen (secondary N) is 1. The summed E-state index contributed by atoms with van der Waals surface area (Å²) in [5, 5.41) is 2.43. The quantitative estimate of drug-likeness (QED) is 0.674. The van der Waals surface area contributed by atoms with E-state index in [9.17, 15) is 26.4 Å². The van der Waals surface area contributed by atoms with Crippen LogP contribution >= 0.6 is 0 Å². The van der Waals surface area contributed by atoms with Gasteiger partial charge in [-0.3, -0.25) is 4.79 Å². The third kappa shape index (κ3) is 5.33. The molecule has 2 aliphatic heterocycles. The molecule has 1 saturated heterocycles. The topological polar surface area (TPSA) is 94.2 Å². The predicted octanol–water partition coefficient (Wildman–Crippen LogP) is 3.19. The van der Waals surface area contributed by atoms with Gasteiger partial charge in [-0.1, -0.05) is 12.1 Å². The summed E-state index contributed by atoms with van der Waals surface area (Å²) in [5.41, 5.74) is -0.216. The number of nitrogens with zero attached hydrogens (tertiary/aromatic N) is 1. The average Bonchev–Trinajstić information content (AvgIpc) is 3.33. The summed E-state index contributed by atoms with van der Waals surface area (Å²) in [7, 11) is -3.87. The SMILES string of the molecule is O=C(Nc1cc(S(=O)(=O)N2CCCC2)ccc1OCC(F)(F)F)[C@@H]1COc2ccccc2O1. The van der Waals surface area contributed by atoms with Crippen LogP contribution in [0.3, 0.4) is 0 Å². The van der Waals surface area contributed by atoms with Gasteiger partial charge in [-0.2, -0.15) is 17.5 Å². The zero-order valence-electron chi connectivity index (χ0n) is 17.3. The molecule has 8 nitrogen and oxygen atoms in total. The molecule has 2 heterocycles. The summed E-state index contributed by atoms with van der Waals surface area (Å²) in [6, 6.07) is 10.0. The summed E-state index contributed by atoms with van der Waals surface area (Å²) in [5.74, 6) is -0.257. The summed E-state index contributed by atoms with van der Waals surface area (Å²) in [4.78, 5) is 12.6. The van der Waals surface area contributed by atoms with Gasteiger partial charge in [0.2, 0.25) is 16.1 Å². The van der Waals surface area contributed by atoms with Crippen molar-refractivity contribution in [3.63, 3.8) is 0 Å². The highest BCUT2D eigenvalue weighted by Gasteiger charge is 2.32. The summed E-state index contributed by atoms with van der Waals surface area (Å²) < 4.78 is 81.1. The van der Waals surface area contributed by atoms with Crippen LogP contribution in [0.25, 0.3) is 0 Å². The van der Waals surface area contributed by atoms with Crippen LogP contribution < -0.4 is 19.5 Å². The molecule has 0 radical (unpaired) electrons. The maximum Gasteiger partial charge on any atom is 0.422 e. The molecule has 4 rings (SSSR count). The molecule has 0 saturated carbocycles. The van der Waals surface area contributed by atoms with Crippen molar-refractivity contribution in [2.45, 2.75) is 30.0 Å². The molecular formula is C21H21F3N2O6S. The van der Waals surface area contributed by atoms with Crippen LogP contribution in [0.4, 0.5) is 18.9 Å². The standard InChI is InChI=1S/C21H21F3N2O6S/c22-21(23,24)13-31-16-8-7-14(33(28,29)26-9-3-4-10-26)11-15(16)25-20(27)19-12-30-17-5-1-2-6-18(17)32-19/h1-2,5-8,11,19H,3-4,9-10,12-13H2,(H,25,27)/t19-/m0/s1. The average molecular weight is 486 g/mol. The van der Waals surface area contributed by atoms with Gasteiger partial charge >= 0.3 is 6.18 Å². The van der Waals surface area contributed by atoms with Gasteiger partial charge in [0.1, 0.15) is 12.4 Å². The number of para-hydroxylation sites is 2. The Kier molecular flexibility index (Phi) is 6.39. The number of carbonyl (C=O) groups is 1. The largest absolute Gasteiger partial charge is 0.485 e. The van der Waals surface area contributed by atoms with Crippen LogP contribution in [-0.2, 0) is 14.8 Å². The second kappa shape index (κ2) is 9.10. The molecule has 0 aliphatic carbocycles. The Hall–Kier alpha value is -2.99. The predicted molar refractivity (Wildman–Crippen MR) is 111 cm³/mol. The highest BCUT2D eigenvalue weighted by atomic mass is 32.2. The monoisotopic (exact) mass is 486 g/mol. The van der Waals surface area contributed by atoms with Crippen molar-refractivity contribution in [2.75, 3.05) is 31.6 Å². The first-order chi connectivity index (χ1) is 15.6. The van der Waals surface area contributed by atoms with Crippen LogP contribution in [0.5, 0.6) is 17.2 Å². The number of alkyl halides is 3. The van der Waals surface area contributed by atoms with E-state index in [0.29, 0.717) is 24.6 Å². The van der Waals surface area contributed by atoms with Gasteiger partial charge in [-0.15, -0.1) is 0 Å². The van der Waals surface area contributed by atoms with Gasteiger partial charge in [0.05, 0.1) is 10.6 Å². The summed E-state index contributed by atoms with van der Waals surface area (Å²) in [6.45, 7) is -1.04. The zero-order chi connectivity index (χ0) is 23.6. The van der Waals surface area contributed by atoms with Gasteiger partial charge in [-0.05, 0) is 43.2 Å². The number of anilines is 1. The molecule has 178 valence electrons. The fourth-order valence-electron chi connectivity index (χ4n) is 3.49. The number of hydrogen-bond donors (Lipinski definition) is 1. The highest BCUT2D eigenvalue weighted by Crippen LogP contribution is 2.34. The Labute approximate surface area is 188 Å². The van der Waals surface area contributed by atoms with Crippen molar-refractivity contribution < 1.29 is 40.6 Å². The number of halogens is 3. The van der Waals surface area contributed by atoms with E-state index in [-0.39, 0.29) is 22.9 Å². The van der Waals surface area contributed by atoms with E-state index in [1.54, 1.807) is 24.3 Å². The number of sulfonamides is 1. The van der Waals surface area contributed by atoms with E-state index in [4.69, 9.17) is 14.2 Å². The van der Waals surface area contributed by atoms with Crippen molar-refractivity contribution in [1.82, 2.24) is 4.31 Å². The minimum Gasteiger partial charge on any atom is -0.485 e. The van der Waals surface area contributed by atoms with Crippen molar-refractivity contribution in [1.29, 1.82) is 0 Å². The van der Waals surface area contributed by atoms with Crippen LogP contribution in [-0.4, -0.2) is 57.2 Å². The normalized spacial score (nSPS) is 18.7. The van der Waals surface area contributed by atoms with Crippen LogP contribution in [0.15, 0.2) is 47.4 Å². The highest BCUT2D eigenvalue weighted by molar-refractivity contribution is 7.89. The minimum atomic E-state index is -4.62. The first-order valence-corrected chi connectivity index (χ1v) is 11.6. The van der Waals surface area contributed by atoms with E-state index in [1.807, 2.05) is 0 Å². The molecule has 2 aromatic carbocycles. The zero-order valence-corrected chi connectivity index (χ0v) is 18.1. The first kappa shape index (κ1) is 23.2. The second-order valence-electron chi connectivity index (χ2n) is 7.53. The molecule has 1 N–H and O–H groups in total. The van der Waals surface area contributed by atoms with Crippen molar-refractivity contribution in [3.8, 4) is 17.2 Å². The molecule has 1 atom stereocenters. The molecule has 0 bridgehead atoms. The molecule has 1 fully saturated rings. The Morgan fingerprint density at radius 3 is 2.52 bits per heavy atom. The smallest absolute Gasteiger partial charge is 0.422 e. The molecule has 0 spiro atoms. The van der Waals surface area contributed by atoms with E-state index in [2.05, 4.69) is 5.32 Å². The number of carbonyl (C=O) groups excluding carboxylic acids is 1. The number of hydrogen-bond acceptors (Lipinski definition) is 6. The Morgan fingerprint density at radius 1 is 1.12 bits per heavy atom. The molecule has 1 amide bonds. The lowest BCUT2D eigenvalue weighted by Crippen LogP contribution is -2.40. The third-order valence-corrected chi connectivity index (χ3v) is 7.00. The molecule has 2 aromatic rings. The maximum absolute atomic E-state index is 12.9. The summed E-state index contributed by atoms with van der Waals surface area (Å²) in [6.07, 6.45) is -4.29. The van der Waals surface area contributed by atoms with Crippen molar-refractivity contribution in [2.24, 2.45) is 0 Å². The first-order valence-electron chi connectivity index (χ1n) is 10.2. The minimum absolute atomic E-state index is 0.132. The molecular weight excluding hydrogens is 465 g/mol. The molecule has 33 heavy (non-hydrogen) atoms. The van der Waals surface area contributed by atoms with E-state index < -0.39 is 34.8 Å². The van der Waals surface area contributed by atoms with Crippen molar-refractivity contribution >= 4 is 21.6 Å². The van der Waals surface area contributed by atoms with Crippen LogP contribution in [0.1, 0.15) is 12.8 Å². The van der Waals surface area contributed by atoms with E-state index in [0.717, 1.165) is 31.0 Å². The summed E-state index contributed by atoms with van der Waals surface area (Å²) >= 11 is 0. The Morgan fingerprint density at radius 2 is 1.82 bits per heavy atom. The van der Waals surface area contributed by atoms with Gasteiger partial charge in [0.25, 0.3) is 5.91 Å². The van der Waals surface area contributed by atoms with Crippen LogP contribution in [0, 0.1) is 0 Å².